The SMILES string of the molecule is CC12CC3CC(C)(C1)CC(C(N)C(=O)O)(C3)C2. The van der Waals surface area contributed by atoms with Gasteiger partial charge in [-0.25, -0.2) is 0 Å². The summed E-state index contributed by atoms with van der Waals surface area (Å²) in [7, 11) is 0. The first-order valence-corrected chi connectivity index (χ1v) is 6.75. The van der Waals surface area contributed by atoms with E-state index in [1.165, 1.54) is 19.3 Å². The van der Waals surface area contributed by atoms with Crippen LogP contribution in [0, 0.1) is 22.2 Å². The van der Waals surface area contributed by atoms with Crippen LogP contribution in [0.4, 0.5) is 0 Å². The maximum absolute atomic E-state index is 11.3. The topological polar surface area (TPSA) is 63.3 Å². The van der Waals surface area contributed by atoms with Crippen LogP contribution in [0.3, 0.4) is 0 Å². The van der Waals surface area contributed by atoms with Crippen molar-refractivity contribution < 1.29 is 9.90 Å². The Balaban J connectivity index is 2.00. The van der Waals surface area contributed by atoms with Crippen molar-refractivity contribution in [2.24, 2.45) is 27.9 Å². The van der Waals surface area contributed by atoms with Crippen LogP contribution < -0.4 is 5.73 Å². The molecule has 17 heavy (non-hydrogen) atoms. The molecule has 3 unspecified atom stereocenters. The number of rotatable bonds is 2. The molecule has 0 aliphatic heterocycles. The third-order valence-corrected chi connectivity index (χ3v) is 5.60. The maximum Gasteiger partial charge on any atom is 0.321 e. The number of carboxylic acids is 1. The summed E-state index contributed by atoms with van der Waals surface area (Å²) < 4.78 is 0. The Hall–Kier alpha value is -0.570. The van der Waals surface area contributed by atoms with E-state index >= 15 is 0 Å². The van der Waals surface area contributed by atoms with E-state index in [1.54, 1.807) is 0 Å². The Morgan fingerprint density at radius 1 is 1.18 bits per heavy atom. The Bertz CT molecular complexity index is 360. The largest absolute Gasteiger partial charge is 0.480 e. The average molecular weight is 237 g/mol. The predicted molar refractivity (Wildman–Crippen MR) is 65.5 cm³/mol. The van der Waals surface area contributed by atoms with Gasteiger partial charge in [-0.3, -0.25) is 4.79 Å². The fraction of sp³-hybridized carbons (Fsp3) is 0.929. The highest BCUT2D eigenvalue weighted by molar-refractivity contribution is 5.74. The van der Waals surface area contributed by atoms with Crippen molar-refractivity contribution in [3.05, 3.63) is 0 Å². The maximum atomic E-state index is 11.3. The highest BCUT2D eigenvalue weighted by atomic mass is 16.4. The molecule has 0 saturated heterocycles. The molecule has 4 rings (SSSR count). The van der Waals surface area contributed by atoms with E-state index in [4.69, 9.17) is 5.73 Å². The second-order valence-corrected chi connectivity index (χ2v) is 7.81. The summed E-state index contributed by atoms with van der Waals surface area (Å²) in [5.41, 5.74) is 6.61. The van der Waals surface area contributed by atoms with E-state index in [0.717, 1.165) is 19.3 Å². The van der Waals surface area contributed by atoms with Crippen molar-refractivity contribution in [2.45, 2.75) is 58.4 Å². The van der Waals surface area contributed by atoms with Gasteiger partial charge in [0.05, 0.1) is 0 Å². The summed E-state index contributed by atoms with van der Waals surface area (Å²) in [5.74, 6) is -0.0919. The minimum atomic E-state index is -0.806. The first-order valence-electron chi connectivity index (χ1n) is 6.75. The van der Waals surface area contributed by atoms with Crippen LogP contribution in [0.2, 0.25) is 0 Å². The highest BCUT2D eigenvalue weighted by Crippen LogP contribution is 2.70. The van der Waals surface area contributed by atoms with Gasteiger partial charge in [-0.15, -0.1) is 0 Å². The van der Waals surface area contributed by atoms with Gasteiger partial charge in [0.25, 0.3) is 0 Å². The van der Waals surface area contributed by atoms with Gasteiger partial charge >= 0.3 is 5.97 Å². The lowest BCUT2D eigenvalue weighted by atomic mass is 9.39. The minimum absolute atomic E-state index is 0.116. The molecule has 0 spiro atoms. The quantitative estimate of drug-likeness (QED) is 0.775. The van der Waals surface area contributed by atoms with Crippen molar-refractivity contribution in [1.29, 1.82) is 0 Å². The summed E-state index contributed by atoms with van der Waals surface area (Å²) in [6.07, 6.45) is 6.95. The molecule has 3 heteroatoms. The Morgan fingerprint density at radius 3 is 2.12 bits per heavy atom. The molecular formula is C14H23NO2. The molecule has 4 aliphatic carbocycles. The van der Waals surface area contributed by atoms with Crippen LogP contribution in [0.15, 0.2) is 0 Å². The molecule has 3 atom stereocenters. The highest BCUT2D eigenvalue weighted by Gasteiger charge is 2.62. The fourth-order valence-electron chi connectivity index (χ4n) is 6.14. The summed E-state index contributed by atoms with van der Waals surface area (Å²) in [6.45, 7) is 4.69. The third kappa shape index (κ3) is 1.55. The van der Waals surface area contributed by atoms with Gasteiger partial charge in [0.15, 0.2) is 0 Å². The summed E-state index contributed by atoms with van der Waals surface area (Å²) in [6, 6.07) is -0.662. The van der Waals surface area contributed by atoms with Crippen molar-refractivity contribution >= 4 is 5.97 Å². The standard InChI is InChI=1S/C14H23NO2/c1-12-3-9-4-13(2,6-12)8-14(5-9,7-12)10(15)11(16)17/h9-10H,3-8,15H2,1-2H3,(H,16,17). The van der Waals surface area contributed by atoms with Crippen LogP contribution in [0.5, 0.6) is 0 Å². The van der Waals surface area contributed by atoms with Gasteiger partial charge in [0.1, 0.15) is 6.04 Å². The Morgan fingerprint density at radius 2 is 1.71 bits per heavy atom. The molecule has 0 heterocycles. The number of aliphatic carboxylic acids is 1. The molecule has 0 amide bonds. The first kappa shape index (κ1) is 11.5. The third-order valence-electron chi connectivity index (χ3n) is 5.60. The average Bonchev–Trinajstić information content (AvgIpc) is 2.10. The summed E-state index contributed by atoms with van der Waals surface area (Å²) >= 11 is 0. The molecular weight excluding hydrogens is 214 g/mol. The molecule has 4 saturated carbocycles. The second kappa shape index (κ2) is 3.05. The van der Waals surface area contributed by atoms with Crippen LogP contribution in [-0.4, -0.2) is 17.1 Å². The van der Waals surface area contributed by atoms with E-state index in [9.17, 15) is 9.90 Å². The minimum Gasteiger partial charge on any atom is -0.480 e. The Labute approximate surface area is 103 Å². The normalized spacial score (nSPS) is 53.7. The summed E-state index contributed by atoms with van der Waals surface area (Å²) in [5, 5.41) is 9.28. The zero-order valence-electron chi connectivity index (χ0n) is 10.8. The first-order chi connectivity index (χ1) is 7.76. The lowest BCUT2D eigenvalue weighted by molar-refractivity contribution is -0.170. The number of hydrogen-bond donors (Lipinski definition) is 2. The van der Waals surface area contributed by atoms with Gasteiger partial charge in [0, 0.05) is 0 Å². The zero-order valence-corrected chi connectivity index (χ0v) is 10.8. The van der Waals surface area contributed by atoms with E-state index in [-0.39, 0.29) is 5.41 Å². The number of hydrogen-bond acceptors (Lipinski definition) is 2. The molecule has 0 aromatic rings. The molecule has 0 aromatic heterocycles. The molecule has 3 N–H and O–H groups in total. The van der Waals surface area contributed by atoms with Gasteiger partial charge in [-0.05, 0) is 60.7 Å². The van der Waals surface area contributed by atoms with Crippen LogP contribution in [-0.2, 0) is 4.79 Å². The zero-order chi connectivity index (χ0) is 12.5. The van der Waals surface area contributed by atoms with Crippen molar-refractivity contribution in [2.75, 3.05) is 0 Å². The number of carboxylic acid groups (broad SMARTS) is 1. The van der Waals surface area contributed by atoms with Gasteiger partial charge in [-0.1, -0.05) is 13.8 Å². The smallest absolute Gasteiger partial charge is 0.321 e. The van der Waals surface area contributed by atoms with Crippen LogP contribution in [0.1, 0.15) is 52.4 Å². The molecule has 4 fully saturated rings. The number of nitrogens with two attached hydrogens (primary N) is 1. The molecule has 4 bridgehead atoms. The lowest BCUT2D eigenvalue weighted by Crippen LogP contribution is -2.62. The molecule has 0 aromatic carbocycles. The number of carbonyl (C=O) groups is 1. The second-order valence-electron chi connectivity index (χ2n) is 7.81. The van der Waals surface area contributed by atoms with Gasteiger partial charge < -0.3 is 10.8 Å². The molecule has 4 aliphatic rings. The molecule has 3 nitrogen and oxygen atoms in total. The monoisotopic (exact) mass is 237 g/mol. The van der Waals surface area contributed by atoms with Crippen molar-refractivity contribution in [3.8, 4) is 0 Å². The van der Waals surface area contributed by atoms with E-state index in [0.29, 0.717) is 16.7 Å². The van der Waals surface area contributed by atoms with E-state index in [1.807, 2.05) is 0 Å². The van der Waals surface area contributed by atoms with Crippen LogP contribution in [0.25, 0.3) is 0 Å². The fourth-order valence-corrected chi connectivity index (χ4v) is 6.14. The molecule has 96 valence electrons. The van der Waals surface area contributed by atoms with E-state index in [2.05, 4.69) is 13.8 Å². The van der Waals surface area contributed by atoms with Gasteiger partial charge in [-0.2, -0.15) is 0 Å². The van der Waals surface area contributed by atoms with E-state index < -0.39 is 12.0 Å². The van der Waals surface area contributed by atoms with Crippen molar-refractivity contribution in [1.82, 2.24) is 0 Å². The van der Waals surface area contributed by atoms with Gasteiger partial charge in [0.2, 0.25) is 0 Å². The lowest BCUT2D eigenvalue weighted by Gasteiger charge is -2.66. The van der Waals surface area contributed by atoms with Crippen LogP contribution >= 0.6 is 0 Å². The van der Waals surface area contributed by atoms with Crippen molar-refractivity contribution in [3.63, 3.8) is 0 Å². The Kier molecular flexibility index (Phi) is 2.07. The molecule has 0 radical (unpaired) electrons. The predicted octanol–water partition coefficient (Wildman–Crippen LogP) is 2.39. The summed E-state index contributed by atoms with van der Waals surface area (Å²) in [4.78, 5) is 11.3.